The molecule has 0 radical (unpaired) electrons. The van der Waals surface area contributed by atoms with Gasteiger partial charge >= 0.3 is 0 Å². The summed E-state index contributed by atoms with van der Waals surface area (Å²) in [6.07, 6.45) is 0. The highest BCUT2D eigenvalue weighted by Gasteiger charge is 2.26. The summed E-state index contributed by atoms with van der Waals surface area (Å²) in [6.45, 7) is 7.19. The SMILES string of the molecule is CC(C)CN(CC(N)=O)C(c1cccc(Br)c1)C(C)N. The van der Waals surface area contributed by atoms with Gasteiger partial charge < -0.3 is 11.5 Å². The van der Waals surface area contributed by atoms with E-state index in [-0.39, 0.29) is 24.5 Å². The fraction of sp³-hybridized carbons (Fsp3) is 0.533. The van der Waals surface area contributed by atoms with Crippen molar-refractivity contribution >= 4 is 21.8 Å². The van der Waals surface area contributed by atoms with E-state index in [1.54, 1.807) is 0 Å². The van der Waals surface area contributed by atoms with Crippen LogP contribution in [0.5, 0.6) is 0 Å². The largest absolute Gasteiger partial charge is 0.369 e. The second-order valence-corrected chi connectivity index (χ2v) is 6.56. The molecule has 0 spiro atoms. The quantitative estimate of drug-likeness (QED) is 0.799. The molecule has 2 atom stereocenters. The summed E-state index contributed by atoms with van der Waals surface area (Å²) in [6, 6.07) is 7.91. The van der Waals surface area contributed by atoms with Crippen molar-refractivity contribution in [2.75, 3.05) is 13.1 Å². The van der Waals surface area contributed by atoms with Crippen LogP contribution in [-0.2, 0) is 4.79 Å². The standard InChI is InChI=1S/C15H24BrN3O/c1-10(2)8-19(9-14(18)20)15(11(3)17)12-5-4-6-13(16)7-12/h4-7,10-11,15H,8-9,17H2,1-3H3,(H2,18,20). The Hall–Kier alpha value is -0.910. The van der Waals surface area contributed by atoms with Gasteiger partial charge in [-0.1, -0.05) is 41.9 Å². The average molecular weight is 342 g/mol. The molecular weight excluding hydrogens is 318 g/mol. The molecule has 0 saturated carbocycles. The first-order valence-electron chi connectivity index (χ1n) is 6.84. The number of benzene rings is 1. The van der Waals surface area contributed by atoms with Gasteiger partial charge in [-0.3, -0.25) is 9.69 Å². The molecule has 4 N–H and O–H groups in total. The van der Waals surface area contributed by atoms with Gasteiger partial charge in [-0.25, -0.2) is 0 Å². The number of rotatable bonds is 7. The van der Waals surface area contributed by atoms with Crippen molar-refractivity contribution in [1.29, 1.82) is 0 Å². The van der Waals surface area contributed by atoms with Crippen LogP contribution in [0.25, 0.3) is 0 Å². The molecule has 1 rings (SSSR count). The third kappa shape index (κ3) is 5.23. The smallest absolute Gasteiger partial charge is 0.231 e. The summed E-state index contributed by atoms with van der Waals surface area (Å²) in [4.78, 5) is 13.4. The van der Waals surface area contributed by atoms with Crippen LogP contribution < -0.4 is 11.5 Å². The van der Waals surface area contributed by atoms with Crippen LogP contribution in [0.1, 0.15) is 32.4 Å². The fourth-order valence-corrected chi connectivity index (χ4v) is 2.90. The van der Waals surface area contributed by atoms with E-state index in [0.717, 1.165) is 16.6 Å². The molecule has 1 aromatic carbocycles. The van der Waals surface area contributed by atoms with Gasteiger partial charge in [-0.15, -0.1) is 0 Å². The van der Waals surface area contributed by atoms with Gasteiger partial charge in [0.2, 0.25) is 5.91 Å². The zero-order chi connectivity index (χ0) is 15.3. The molecule has 20 heavy (non-hydrogen) atoms. The Morgan fingerprint density at radius 2 is 2.00 bits per heavy atom. The highest BCUT2D eigenvalue weighted by atomic mass is 79.9. The third-order valence-corrected chi connectivity index (χ3v) is 3.53. The summed E-state index contributed by atoms with van der Waals surface area (Å²) in [5.41, 5.74) is 12.6. The second kappa shape index (κ2) is 7.76. The molecule has 5 heteroatoms. The van der Waals surface area contributed by atoms with Crippen molar-refractivity contribution < 1.29 is 4.79 Å². The first-order chi connectivity index (χ1) is 9.31. The molecule has 1 aromatic rings. The summed E-state index contributed by atoms with van der Waals surface area (Å²) >= 11 is 3.48. The zero-order valence-electron chi connectivity index (χ0n) is 12.3. The van der Waals surface area contributed by atoms with Gasteiger partial charge in [-0.2, -0.15) is 0 Å². The van der Waals surface area contributed by atoms with Crippen LogP contribution in [0.2, 0.25) is 0 Å². The van der Waals surface area contributed by atoms with Gasteiger partial charge in [0.1, 0.15) is 0 Å². The maximum Gasteiger partial charge on any atom is 0.231 e. The van der Waals surface area contributed by atoms with Crippen LogP contribution in [0, 0.1) is 5.92 Å². The maximum atomic E-state index is 11.3. The van der Waals surface area contributed by atoms with E-state index in [1.807, 2.05) is 31.2 Å². The molecule has 0 aliphatic rings. The van der Waals surface area contributed by atoms with E-state index in [9.17, 15) is 4.79 Å². The predicted octanol–water partition coefficient (Wildman–Crippen LogP) is 2.28. The lowest BCUT2D eigenvalue weighted by atomic mass is 9.98. The molecule has 0 saturated heterocycles. The summed E-state index contributed by atoms with van der Waals surface area (Å²) in [7, 11) is 0. The fourth-order valence-electron chi connectivity index (χ4n) is 2.48. The van der Waals surface area contributed by atoms with Crippen LogP contribution in [0.4, 0.5) is 0 Å². The van der Waals surface area contributed by atoms with Crippen LogP contribution in [-0.4, -0.2) is 29.9 Å². The van der Waals surface area contributed by atoms with Gasteiger partial charge in [0.05, 0.1) is 12.6 Å². The molecule has 112 valence electrons. The molecule has 0 aliphatic heterocycles. The van der Waals surface area contributed by atoms with Crippen molar-refractivity contribution in [3.63, 3.8) is 0 Å². The molecule has 4 nitrogen and oxygen atoms in total. The maximum absolute atomic E-state index is 11.3. The van der Waals surface area contributed by atoms with Crippen molar-refractivity contribution in [3.05, 3.63) is 34.3 Å². The number of nitrogens with two attached hydrogens (primary N) is 2. The first-order valence-corrected chi connectivity index (χ1v) is 7.64. The van der Waals surface area contributed by atoms with E-state index < -0.39 is 0 Å². The minimum atomic E-state index is -0.328. The summed E-state index contributed by atoms with van der Waals surface area (Å²) in [5.74, 6) is 0.106. The lowest BCUT2D eigenvalue weighted by molar-refractivity contribution is -0.120. The Labute approximate surface area is 129 Å². The van der Waals surface area contributed by atoms with Crippen molar-refractivity contribution in [3.8, 4) is 0 Å². The Morgan fingerprint density at radius 3 is 2.45 bits per heavy atom. The number of hydrogen-bond donors (Lipinski definition) is 2. The van der Waals surface area contributed by atoms with Crippen molar-refractivity contribution in [1.82, 2.24) is 4.90 Å². The first kappa shape index (κ1) is 17.1. The molecular formula is C15H24BrN3O. The number of amides is 1. The van der Waals surface area contributed by atoms with Gasteiger partial charge in [0.15, 0.2) is 0 Å². The van der Waals surface area contributed by atoms with Crippen molar-refractivity contribution in [2.24, 2.45) is 17.4 Å². The number of primary amides is 1. The second-order valence-electron chi connectivity index (χ2n) is 5.65. The normalized spacial score (nSPS) is 14.6. The van der Waals surface area contributed by atoms with Crippen LogP contribution in [0.3, 0.4) is 0 Å². The van der Waals surface area contributed by atoms with E-state index in [2.05, 4.69) is 34.7 Å². The minimum absolute atomic E-state index is 0.0256. The minimum Gasteiger partial charge on any atom is -0.369 e. The Bertz CT molecular complexity index is 448. The lowest BCUT2D eigenvalue weighted by Gasteiger charge is -2.35. The molecule has 2 unspecified atom stereocenters. The predicted molar refractivity (Wildman–Crippen MR) is 86.1 cm³/mol. The van der Waals surface area contributed by atoms with Gasteiger partial charge in [-0.05, 0) is 30.5 Å². The monoisotopic (exact) mass is 341 g/mol. The Morgan fingerprint density at radius 1 is 1.35 bits per heavy atom. The third-order valence-electron chi connectivity index (χ3n) is 3.04. The molecule has 0 fully saturated rings. The van der Waals surface area contributed by atoms with Crippen LogP contribution in [0.15, 0.2) is 28.7 Å². The van der Waals surface area contributed by atoms with E-state index in [4.69, 9.17) is 11.5 Å². The van der Waals surface area contributed by atoms with E-state index >= 15 is 0 Å². The number of halogens is 1. The van der Waals surface area contributed by atoms with Gasteiger partial charge in [0, 0.05) is 17.1 Å². The summed E-state index contributed by atoms with van der Waals surface area (Å²) in [5, 5.41) is 0. The molecule has 0 aliphatic carbocycles. The highest BCUT2D eigenvalue weighted by molar-refractivity contribution is 9.10. The number of nitrogens with zero attached hydrogens (tertiary/aromatic N) is 1. The molecule has 0 bridgehead atoms. The van der Waals surface area contributed by atoms with E-state index in [0.29, 0.717) is 5.92 Å². The Kier molecular flexibility index (Phi) is 6.65. The summed E-state index contributed by atoms with van der Waals surface area (Å²) < 4.78 is 1.00. The molecule has 0 heterocycles. The topological polar surface area (TPSA) is 72.3 Å². The van der Waals surface area contributed by atoms with Gasteiger partial charge in [0.25, 0.3) is 0 Å². The average Bonchev–Trinajstić information content (AvgIpc) is 2.26. The zero-order valence-corrected chi connectivity index (χ0v) is 13.9. The highest BCUT2D eigenvalue weighted by Crippen LogP contribution is 2.26. The molecule has 0 aromatic heterocycles. The number of carbonyl (C=O) groups excluding carboxylic acids is 1. The lowest BCUT2D eigenvalue weighted by Crippen LogP contribution is -2.45. The van der Waals surface area contributed by atoms with Crippen molar-refractivity contribution in [2.45, 2.75) is 32.9 Å². The number of hydrogen-bond acceptors (Lipinski definition) is 3. The van der Waals surface area contributed by atoms with E-state index in [1.165, 1.54) is 0 Å². The number of carbonyl (C=O) groups is 1. The Balaban J connectivity index is 3.09. The molecule has 1 amide bonds. The van der Waals surface area contributed by atoms with Crippen LogP contribution >= 0.6 is 15.9 Å².